The van der Waals surface area contributed by atoms with E-state index >= 15 is 0 Å². The number of ether oxygens (including phenoxy) is 1. The molecule has 22 heavy (non-hydrogen) atoms. The van der Waals surface area contributed by atoms with E-state index in [0.717, 1.165) is 11.1 Å². The van der Waals surface area contributed by atoms with Crippen molar-refractivity contribution in [3.8, 4) is 0 Å². The second kappa shape index (κ2) is 7.56. The maximum Gasteiger partial charge on any atom is 0.409 e. The summed E-state index contributed by atoms with van der Waals surface area (Å²) in [5.41, 5.74) is 1.49. The molecule has 1 unspecified atom stereocenters. The summed E-state index contributed by atoms with van der Waals surface area (Å²) in [4.78, 5) is 15.4. The van der Waals surface area contributed by atoms with Crippen LogP contribution in [0.3, 0.4) is 0 Å². The van der Waals surface area contributed by atoms with Crippen LogP contribution in [0.4, 0.5) is 9.18 Å². The van der Waals surface area contributed by atoms with Gasteiger partial charge in [-0.1, -0.05) is 6.07 Å². The van der Waals surface area contributed by atoms with Gasteiger partial charge in [-0.2, -0.15) is 0 Å². The fraction of sp³-hybridized carbons (Fsp3) is 0.562. The topological polar surface area (TPSA) is 53.0 Å². The molecular formula is C16H23FN2O3. The average molecular weight is 310 g/mol. The van der Waals surface area contributed by atoms with Crippen molar-refractivity contribution >= 4 is 6.09 Å². The lowest BCUT2D eigenvalue weighted by molar-refractivity contribution is 0.0577. The van der Waals surface area contributed by atoms with Gasteiger partial charge >= 0.3 is 6.09 Å². The summed E-state index contributed by atoms with van der Waals surface area (Å²) in [7, 11) is 0. The Bertz CT molecular complexity index is 516. The molecule has 1 aromatic carbocycles. The first-order valence-corrected chi connectivity index (χ1v) is 7.59. The summed E-state index contributed by atoms with van der Waals surface area (Å²) in [6, 6.07) is 4.42. The fourth-order valence-electron chi connectivity index (χ4n) is 2.68. The Labute approximate surface area is 130 Å². The molecule has 6 heteroatoms. The molecule has 1 heterocycles. The largest absolute Gasteiger partial charge is 0.450 e. The first-order valence-electron chi connectivity index (χ1n) is 7.59. The number of carbonyl (C=O) groups is 1. The quantitative estimate of drug-likeness (QED) is 0.923. The highest BCUT2D eigenvalue weighted by Crippen LogP contribution is 2.20. The number of hydrogen-bond donors (Lipinski definition) is 1. The van der Waals surface area contributed by atoms with Gasteiger partial charge in [0.2, 0.25) is 0 Å². The standard InChI is InChI=1S/C16H23FN2O3/c1-3-22-16(21)19-8-6-18(7-9-19)11-15(20)14-5-4-13(17)10-12(14)2/h4-5,10,15,20H,3,6-9,11H2,1-2H3. The molecule has 0 bridgehead atoms. The number of hydrogen-bond acceptors (Lipinski definition) is 4. The van der Waals surface area contributed by atoms with Crippen molar-refractivity contribution in [3.63, 3.8) is 0 Å². The molecule has 1 aromatic rings. The molecule has 1 N–H and O–H groups in total. The summed E-state index contributed by atoms with van der Waals surface area (Å²) < 4.78 is 18.1. The Kier molecular flexibility index (Phi) is 5.74. The zero-order chi connectivity index (χ0) is 16.1. The van der Waals surface area contributed by atoms with Gasteiger partial charge < -0.3 is 14.7 Å². The van der Waals surface area contributed by atoms with Gasteiger partial charge in [-0.25, -0.2) is 9.18 Å². The first-order chi connectivity index (χ1) is 10.5. The molecular weight excluding hydrogens is 287 g/mol. The van der Waals surface area contributed by atoms with Gasteiger partial charge in [0.25, 0.3) is 0 Å². The van der Waals surface area contributed by atoms with Crippen LogP contribution in [0.25, 0.3) is 0 Å². The molecule has 122 valence electrons. The van der Waals surface area contributed by atoms with E-state index < -0.39 is 6.10 Å². The van der Waals surface area contributed by atoms with Crippen LogP contribution in [-0.2, 0) is 4.74 Å². The van der Waals surface area contributed by atoms with Crippen molar-refractivity contribution in [3.05, 3.63) is 35.1 Å². The molecule has 0 aromatic heterocycles. The number of aliphatic hydroxyl groups is 1. The van der Waals surface area contributed by atoms with E-state index in [4.69, 9.17) is 4.74 Å². The van der Waals surface area contributed by atoms with Crippen LogP contribution in [0.15, 0.2) is 18.2 Å². The molecule has 5 nitrogen and oxygen atoms in total. The minimum absolute atomic E-state index is 0.280. The summed E-state index contributed by atoms with van der Waals surface area (Å²) in [6.07, 6.45) is -0.938. The number of piperazine rings is 1. The molecule has 1 fully saturated rings. The molecule has 1 amide bonds. The van der Waals surface area contributed by atoms with Gasteiger partial charge in [0.15, 0.2) is 0 Å². The van der Waals surface area contributed by atoms with Crippen molar-refractivity contribution in [1.29, 1.82) is 0 Å². The number of halogens is 1. The molecule has 0 saturated carbocycles. The smallest absolute Gasteiger partial charge is 0.409 e. The molecule has 1 aliphatic rings. The number of aryl methyl sites for hydroxylation is 1. The second-order valence-electron chi connectivity index (χ2n) is 5.50. The van der Waals surface area contributed by atoms with E-state index in [9.17, 15) is 14.3 Å². The molecule has 1 saturated heterocycles. The first kappa shape index (κ1) is 16.7. The molecule has 0 spiro atoms. The van der Waals surface area contributed by atoms with Gasteiger partial charge in [0.1, 0.15) is 5.82 Å². The van der Waals surface area contributed by atoms with E-state index in [-0.39, 0.29) is 11.9 Å². The summed E-state index contributed by atoms with van der Waals surface area (Å²) in [5, 5.41) is 10.3. The van der Waals surface area contributed by atoms with E-state index in [1.165, 1.54) is 12.1 Å². The van der Waals surface area contributed by atoms with Gasteiger partial charge in [0.05, 0.1) is 12.7 Å². The normalized spacial score (nSPS) is 17.4. The molecule has 1 aliphatic heterocycles. The van der Waals surface area contributed by atoms with E-state index in [0.29, 0.717) is 39.3 Å². The van der Waals surface area contributed by atoms with Crippen LogP contribution >= 0.6 is 0 Å². The third kappa shape index (κ3) is 4.18. The van der Waals surface area contributed by atoms with Crippen molar-refractivity contribution in [2.45, 2.75) is 20.0 Å². The van der Waals surface area contributed by atoms with Crippen LogP contribution in [-0.4, -0.2) is 60.3 Å². The van der Waals surface area contributed by atoms with Crippen molar-refractivity contribution < 1.29 is 19.0 Å². The predicted molar refractivity (Wildman–Crippen MR) is 81.1 cm³/mol. The van der Waals surface area contributed by atoms with E-state index in [1.54, 1.807) is 24.8 Å². The van der Waals surface area contributed by atoms with Crippen LogP contribution in [0.2, 0.25) is 0 Å². The summed E-state index contributed by atoms with van der Waals surface area (Å²) >= 11 is 0. The maximum atomic E-state index is 13.1. The SMILES string of the molecule is CCOC(=O)N1CCN(CC(O)c2ccc(F)cc2C)CC1. The average Bonchev–Trinajstić information content (AvgIpc) is 2.48. The van der Waals surface area contributed by atoms with Gasteiger partial charge in [0, 0.05) is 32.7 Å². The van der Waals surface area contributed by atoms with Crippen molar-refractivity contribution in [2.24, 2.45) is 0 Å². The Balaban J connectivity index is 1.86. The predicted octanol–water partition coefficient (Wildman–Crippen LogP) is 1.94. The Morgan fingerprint density at radius 1 is 1.36 bits per heavy atom. The third-order valence-corrected chi connectivity index (χ3v) is 3.92. The van der Waals surface area contributed by atoms with Crippen molar-refractivity contribution in [1.82, 2.24) is 9.80 Å². The number of carbonyl (C=O) groups excluding carboxylic acids is 1. The molecule has 1 atom stereocenters. The number of nitrogens with zero attached hydrogens (tertiary/aromatic N) is 2. The fourth-order valence-corrected chi connectivity index (χ4v) is 2.68. The molecule has 2 rings (SSSR count). The Hall–Kier alpha value is -1.66. The summed E-state index contributed by atoms with van der Waals surface area (Å²) in [6.45, 7) is 6.99. The molecule has 0 aliphatic carbocycles. The zero-order valence-corrected chi connectivity index (χ0v) is 13.1. The second-order valence-corrected chi connectivity index (χ2v) is 5.50. The minimum atomic E-state index is -0.658. The minimum Gasteiger partial charge on any atom is -0.450 e. The monoisotopic (exact) mass is 310 g/mol. The Morgan fingerprint density at radius 2 is 2.05 bits per heavy atom. The lowest BCUT2D eigenvalue weighted by Gasteiger charge is -2.35. The van der Waals surface area contributed by atoms with Gasteiger partial charge in [-0.15, -0.1) is 0 Å². The lowest BCUT2D eigenvalue weighted by atomic mass is 10.0. The summed E-state index contributed by atoms with van der Waals surface area (Å²) in [5.74, 6) is -0.295. The number of benzene rings is 1. The maximum absolute atomic E-state index is 13.1. The van der Waals surface area contributed by atoms with E-state index in [1.807, 2.05) is 0 Å². The Morgan fingerprint density at radius 3 is 2.64 bits per heavy atom. The van der Waals surface area contributed by atoms with Crippen LogP contribution < -0.4 is 0 Å². The lowest BCUT2D eigenvalue weighted by Crippen LogP contribution is -2.49. The van der Waals surface area contributed by atoms with Crippen LogP contribution in [0, 0.1) is 12.7 Å². The third-order valence-electron chi connectivity index (χ3n) is 3.92. The molecule has 0 radical (unpaired) electrons. The van der Waals surface area contributed by atoms with Crippen LogP contribution in [0.1, 0.15) is 24.2 Å². The van der Waals surface area contributed by atoms with Gasteiger partial charge in [-0.05, 0) is 37.1 Å². The number of amides is 1. The van der Waals surface area contributed by atoms with E-state index in [2.05, 4.69) is 4.90 Å². The van der Waals surface area contributed by atoms with Crippen LogP contribution in [0.5, 0.6) is 0 Å². The highest BCUT2D eigenvalue weighted by atomic mass is 19.1. The van der Waals surface area contributed by atoms with Crippen molar-refractivity contribution in [2.75, 3.05) is 39.3 Å². The highest BCUT2D eigenvalue weighted by Gasteiger charge is 2.24. The number of β-amino-alcohol motifs (C(OH)–C–C–N with tert-alkyl or cyclic N) is 1. The number of aliphatic hydroxyl groups excluding tert-OH is 1. The zero-order valence-electron chi connectivity index (χ0n) is 13.1. The van der Waals surface area contributed by atoms with Gasteiger partial charge in [-0.3, -0.25) is 4.90 Å². The number of rotatable bonds is 4. The highest BCUT2D eigenvalue weighted by molar-refractivity contribution is 5.67.